The summed E-state index contributed by atoms with van der Waals surface area (Å²) >= 11 is 0. The first kappa shape index (κ1) is 19.8. The average Bonchev–Trinajstić information content (AvgIpc) is 2.58. The van der Waals surface area contributed by atoms with Crippen LogP contribution in [-0.4, -0.2) is 17.8 Å². The van der Waals surface area contributed by atoms with Crippen molar-refractivity contribution in [1.82, 2.24) is 4.98 Å². The van der Waals surface area contributed by atoms with E-state index in [1.807, 2.05) is 13.8 Å². The van der Waals surface area contributed by atoms with Crippen LogP contribution in [0.25, 0.3) is 0 Å². The van der Waals surface area contributed by atoms with Crippen molar-refractivity contribution in [1.29, 1.82) is 0 Å². The van der Waals surface area contributed by atoms with E-state index in [1.165, 1.54) is 18.3 Å². The van der Waals surface area contributed by atoms with Gasteiger partial charge in [-0.3, -0.25) is 4.79 Å². The maximum Gasteiger partial charge on any atom is 0.416 e. The Morgan fingerprint density at radius 3 is 2.38 bits per heavy atom. The second-order valence-corrected chi connectivity index (χ2v) is 6.08. The third-order valence-corrected chi connectivity index (χ3v) is 4.21. The van der Waals surface area contributed by atoms with E-state index in [4.69, 9.17) is 4.84 Å². The van der Waals surface area contributed by atoms with Gasteiger partial charge in [0.25, 0.3) is 0 Å². The molecule has 0 radical (unpaired) electrons. The highest BCUT2D eigenvalue weighted by atomic mass is 19.4. The quantitative estimate of drug-likeness (QED) is 0.475. The fourth-order valence-electron chi connectivity index (χ4n) is 2.52. The summed E-state index contributed by atoms with van der Waals surface area (Å²) in [6, 6.07) is 4.95. The number of nitrogens with zero attached hydrogens (tertiary/aromatic N) is 1. The Hall–Kier alpha value is -2.57. The Labute approximate surface area is 149 Å². The number of aryl methyl sites for hydroxylation is 2. The molecular weight excluding hydrogens is 345 g/mol. The molecule has 2 rings (SSSR count). The van der Waals surface area contributed by atoms with Gasteiger partial charge in [0, 0.05) is 41.6 Å². The molecule has 0 spiro atoms. The maximum absolute atomic E-state index is 12.5. The van der Waals surface area contributed by atoms with Crippen LogP contribution in [0.3, 0.4) is 0 Å². The van der Waals surface area contributed by atoms with E-state index in [9.17, 15) is 18.0 Å². The molecule has 2 aromatic rings. The predicted octanol–water partition coefficient (Wildman–Crippen LogP) is 4.11. The van der Waals surface area contributed by atoms with Gasteiger partial charge in [0.05, 0.1) is 5.56 Å². The monoisotopic (exact) mass is 366 g/mol. The van der Waals surface area contributed by atoms with Crippen LogP contribution in [0.4, 0.5) is 13.2 Å². The van der Waals surface area contributed by atoms with Crippen molar-refractivity contribution in [3.63, 3.8) is 0 Å². The number of rotatable bonds is 6. The summed E-state index contributed by atoms with van der Waals surface area (Å²) in [5.74, 6) is 0. The Morgan fingerprint density at radius 2 is 1.77 bits per heavy atom. The molecule has 26 heavy (non-hydrogen) atoms. The second-order valence-electron chi connectivity index (χ2n) is 6.08. The molecule has 0 fully saturated rings. The topological polar surface area (TPSA) is 54.4 Å². The van der Waals surface area contributed by atoms with Crippen molar-refractivity contribution in [2.24, 2.45) is 5.16 Å². The highest BCUT2D eigenvalue weighted by Gasteiger charge is 2.29. The van der Waals surface area contributed by atoms with Crippen molar-refractivity contribution in [3.8, 4) is 0 Å². The lowest BCUT2D eigenvalue weighted by Crippen LogP contribution is -2.17. The molecule has 0 saturated carbocycles. The lowest BCUT2D eigenvalue weighted by atomic mass is 10.1. The van der Waals surface area contributed by atoms with Gasteiger partial charge < -0.3 is 9.82 Å². The highest BCUT2D eigenvalue weighted by Crippen LogP contribution is 2.29. The first-order chi connectivity index (χ1) is 12.2. The Bertz CT molecular complexity index is 838. The normalized spacial score (nSPS) is 11.9. The van der Waals surface area contributed by atoms with E-state index in [1.54, 1.807) is 6.92 Å². The van der Waals surface area contributed by atoms with Crippen molar-refractivity contribution >= 4 is 6.21 Å². The van der Waals surface area contributed by atoms with Crippen LogP contribution in [0.5, 0.6) is 0 Å². The Kier molecular flexibility index (Phi) is 6.23. The van der Waals surface area contributed by atoms with Crippen LogP contribution in [0, 0.1) is 20.8 Å². The zero-order valence-corrected chi connectivity index (χ0v) is 14.9. The smallest absolute Gasteiger partial charge is 0.396 e. The molecule has 0 atom stereocenters. The molecule has 1 heterocycles. The molecule has 140 valence electrons. The van der Waals surface area contributed by atoms with Crippen molar-refractivity contribution < 1.29 is 18.0 Å². The van der Waals surface area contributed by atoms with Crippen molar-refractivity contribution in [2.75, 3.05) is 6.61 Å². The summed E-state index contributed by atoms with van der Waals surface area (Å²) in [7, 11) is 0. The molecule has 0 aliphatic rings. The molecular formula is C19H21F3N2O2. The number of halogens is 3. The second kappa shape index (κ2) is 8.21. The van der Waals surface area contributed by atoms with E-state index < -0.39 is 11.7 Å². The number of aromatic amines is 1. The fourth-order valence-corrected chi connectivity index (χ4v) is 2.52. The summed E-state index contributed by atoms with van der Waals surface area (Å²) < 4.78 is 37.5. The van der Waals surface area contributed by atoms with Gasteiger partial charge in [-0.05, 0) is 38.5 Å². The Balaban J connectivity index is 1.84. The van der Waals surface area contributed by atoms with Gasteiger partial charge in [-0.1, -0.05) is 17.3 Å². The van der Waals surface area contributed by atoms with E-state index in [0.717, 1.165) is 29.1 Å². The molecule has 1 aromatic carbocycles. The number of pyridine rings is 1. The molecule has 0 bridgehead atoms. The number of benzene rings is 1. The highest BCUT2D eigenvalue weighted by molar-refractivity contribution is 5.61. The summed E-state index contributed by atoms with van der Waals surface area (Å²) in [6.45, 7) is 5.70. The number of hydrogen-bond acceptors (Lipinski definition) is 3. The maximum atomic E-state index is 12.5. The number of oxime groups is 1. The summed E-state index contributed by atoms with van der Waals surface area (Å²) in [6.07, 6.45) is -2.02. The molecule has 0 aliphatic carbocycles. The number of alkyl halides is 3. The molecule has 0 aliphatic heterocycles. The third kappa shape index (κ3) is 4.97. The van der Waals surface area contributed by atoms with Gasteiger partial charge in [-0.2, -0.15) is 13.2 Å². The zero-order valence-electron chi connectivity index (χ0n) is 14.9. The van der Waals surface area contributed by atoms with Crippen LogP contribution in [-0.2, 0) is 23.9 Å². The van der Waals surface area contributed by atoms with Crippen molar-refractivity contribution in [3.05, 3.63) is 68.1 Å². The van der Waals surface area contributed by atoms with Crippen LogP contribution >= 0.6 is 0 Å². The van der Waals surface area contributed by atoms with Gasteiger partial charge >= 0.3 is 6.18 Å². The minimum Gasteiger partial charge on any atom is -0.396 e. The average molecular weight is 366 g/mol. The van der Waals surface area contributed by atoms with Gasteiger partial charge in [0.2, 0.25) is 0 Å². The van der Waals surface area contributed by atoms with E-state index >= 15 is 0 Å². The molecule has 4 nitrogen and oxygen atoms in total. The molecule has 0 unspecified atom stereocenters. The minimum absolute atomic E-state index is 0.00467. The van der Waals surface area contributed by atoms with Gasteiger partial charge in [-0.15, -0.1) is 0 Å². The van der Waals surface area contributed by atoms with E-state index in [0.29, 0.717) is 24.0 Å². The first-order valence-electron chi connectivity index (χ1n) is 8.19. The van der Waals surface area contributed by atoms with Crippen LogP contribution < -0.4 is 5.43 Å². The SMILES string of the molecule is Cc1[nH]c(C)c(CC=NOCCc2ccc(C(F)(F)F)cc2)c(=O)c1C. The number of H-pyrrole nitrogens is 1. The van der Waals surface area contributed by atoms with Gasteiger partial charge in [-0.25, -0.2) is 0 Å². The lowest BCUT2D eigenvalue weighted by molar-refractivity contribution is -0.137. The van der Waals surface area contributed by atoms with E-state index in [2.05, 4.69) is 10.1 Å². The molecule has 0 saturated heterocycles. The van der Waals surface area contributed by atoms with Crippen molar-refractivity contribution in [2.45, 2.75) is 39.8 Å². The number of aromatic nitrogens is 1. The summed E-state index contributed by atoms with van der Waals surface area (Å²) in [5.41, 5.74) is 3.03. The zero-order chi connectivity index (χ0) is 19.3. The van der Waals surface area contributed by atoms with Gasteiger partial charge in [0.15, 0.2) is 5.43 Å². The number of nitrogens with one attached hydrogen (secondary N) is 1. The standard InChI is InChI=1S/C19H21F3N2O2/c1-12-13(2)24-14(3)17(18(12)25)8-10-23-26-11-9-15-4-6-16(7-5-15)19(20,21)22/h4-7,10H,8-9,11H2,1-3H3,(H,24,25). The lowest BCUT2D eigenvalue weighted by Gasteiger charge is -2.07. The molecule has 7 heteroatoms. The van der Waals surface area contributed by atoms with Crippen LogP contribution in [0.15, 0.2) is 34.2 Å². The van der Waals surface area contributed by atoms with E-state index in [-0.39, 0.29) is 12.0 Å². The van der Waals surface area contributed by atoms with Gasteiger partial charge in [0.1, 0.15) is 6.61 Å². The summed E-state index contributed by atoms with van der Waals surface area (Å²) in [5, 5.41) is 3.82. The fraction of sp³-hybridized carbons (Fsp3) is 0.368. The minimum atomic E-state index is -4.33. The first-order valence-corrected chi connectivity index (χ1v) is 8.19. The molecule has 0 amide bonds. The third-order valence-electron chi connectivity index (χ3n) is 4.21. The number of hydrogen-bond donors (Lipinski definition) is 1. The molecule has 1 N–H and O–H groups in total. The Morgan fingerprint density at radius 1 is 1.12 bits per heavy atom. The molecule has 1 aromatic heterocycles. The largest absolute Gasteiger partial charge is 0.416 e. The predicted molar refractivity (Wildman–Crippen MR) is 94.6 cm³/mol. The summed E-state index contributed by atoms with van der Waals surface area (Å²) in [4.78, 5) is 20.5. The van der Waals surface area contributed by atoms with Crippen LogP contribution in [0.1, 0.15) is 33.6 Å². The van der Waals surface area contributed by atoms with Crippen LogP contribution in [0.2, 0.25) is 0 Å².